The number of aromatic nitrogens is 3. The van der Waals surface area contributed by atoms with E-state index in [1.807, 2.05) is 13.0 Å². The summed E-state index contributed by atoms with van der Waals surface area (Å²) in [4.78, 5) is 37.5. The zero-order valence-corrected chi connectivity index (χ0v) is 22.3. The van der Waals surface area contributed by atoms with Crippen molar-refractivity contribution in [1.29, 1.82) is 0 Å². The maximum absolute atomic E-state index is 13.4. The molecule has 0 radical (unpaired) electrons. The number of amides is 2. The van der Waals surface area contributed by atoms with Crippen molar-refractivity contribution < 1.29 is 27.9 Å². The topological polar surface area (TPSA) is 134 Å². The van der Waals surface area contributed by atoms with Crippen LogP contribution < -0.4 is 16.0 Å². The van der Waals surface area contributed by atoms with E-state index in [2.05, 4.69) is 20.3 Å². The molecule has 2 aromatic heterocycles. The Bertz CT molecular complexity index is 1350. The van der Waals surface area contributed by atoms with E-state index < -0.39 is 17.5 Å². The smallest absolute Gasteiger partial charge is 0.383 e. The number of nitrogens with zero attached hydrogens (tertiary/aromatic N) is 4. The fraction of sp³-hybridized carbons (Fsp3) is 0.423. The summed E-state index contributed by atoms with van der Waals surface area (Å²) in [6.45, 7) is 3.48. The highest BCUT2D eigenvalue weighted by molar-refractivity contribution is 7.15. The molecule has 0 saturated heterocycles. The molecule has 0 bridgehead atoms. The number of anilines is 2. The summed E-state index contributed by atoms with van der Waals surface area (Å²) >= 11 is 1.32. The van der Waals surface area contributed by atoms with Crippen molar-refractivity contribution in [2.75, 3.05) is 18.0 Å². The van der Waals surface area contributed by atoms with Gasteiger partial charge >= 0.3 is 6.18 Å². The minimum Gasteiger partial charge on any atom is -0.383 e. The van der Waals surface area contributed by atoms with Gasteiger partial charge in [-0.3, -0.25) is 9.59 Å². The number of aryl methyl sites for hydroxylation is 1. The third-order valence-corrected chi connectivity index (χ3v) is 7.90. The average molecular weight is 563 g/mol. The standard InChI is InChI=1S/C26H29F3N6O3S/c1-15-11-18(20-14-33-23(39-20)25(38)6-3-17(4-7-25)22(30)37)13-19(12-15)35(10-9-31-16(2)36)24-32-8-5-21(34-24)26(27,28)29/h5,8,11-14,17,38H,3-4,6-7,9-10H2,1-2H3,(H2,30,37)(H,31,36). The van der Waals surface area contributed by atoms with Crippen LogP contribution >= 0.6 is 11.3 Å². The predicted octanol–water partition coefficient (Wildman–Crippen LogP) is 4.06. The molecule has 39 heavy (non-hydrogen) atoms. The molecule has 2 amide bonds. The number of alkyl halides is 3. The second-order valence-corrected chi connectivity index (χ2v) is 10.7. The lowest BCUT2D eigenvalue weighted by Gasteiger charge is -2.33. The van der Waals surface area contributed by atoms with Gasteiger partial charge in [0, 0.05) is 44.0 Å². The molecule has 0 spiro atoms. The quantitative estimate of drug-likeness (QED) is 0.377. The average Bonchev–Trinajstić information content (AvgIpc) is 3.37. The Kier molecular flexibility index (Phi) is 8.21. The van der Waals surface area contributed by atoms with Crippen molar-refractivity contribution in [3.63, 3.8) is 0 Å². The van der Waals surface area contributed by atoms with Gasteiger partial charge < -0.3 is 21.1 Å². The fourth-order valence-electron chi connectivity index (χ4n) is 4.60. The number of benzene rings is 1. The number of aliphatic hydroxyl groups is 1. The van der Waals surface area contributed by atoms with E-state index in [9.17, 15) is 27.9 Å². The van der Waals surface area contributed by atoms with Gasteiger partial charge in [0.1, 0.15) is 16.3 Å². The van der Waals surface area contributed by atoms with Crippen LogP contribution in [0.2, 0.25) is 0 Å². The SMILES string of the molecule is CC(=O)NCCN(c1cc(C)cc(-c2cnc(C3(O)CCC(C(N)=O)CC3)s2)c1)c1nccc(C(F)(F)F)n1. The second-order valence-electron chi connectivity index (χ2n) is 9.67. The Hall–Kier alpha value is -3.58. The number of primary amides is 1. The molecule has 1 fully saturated rings. The summed E-state index contributed by atoms with van der Waals surface area (Å²) in [5.74, 6) is -1.05. The Morgan fingerprint density at radius 2 is 1.95 bits per heavy atom. The maximum Gasteiger partial charge on any atom is 0.433 e. The first-order valence-corrected chi connectivity index (χ1v) is 13.2. The van der Waals surface area contributed by atoms with E-state index in [4.69, 9.17) is 5.73 Å². The largest absolute Gasteiger partial charge is 0.433 e. The van der Waals surface area contributed by atoms with Crippen molar-refractivity contribution >= 4 is 34.8 Å². The first kappa shape index (κ1) is 28.4. The lowest BCUT2D eigenvalue weighted by molar-refractivity contribution is -0.141. The Morgan fingerprint density at radius 1 is 1.23 bits per heavy atom. The summed E-state index contributed by atoms with van der Waals surface area (Å²) < 4.78 is 40.1. The molecule has 208 valence electrons. The Balaban J connectivity index is 1.66. The summed E-state index contributed by atoms with van der Waals surface area (Å²) in [7, 11) is 0. The van der Waals surface area contributed by atoms with E-state index in [0.29, 0.717) is 36.4 Å². The molecule has 13 heteroatoms. The van der Waals surface area contributed by atoms with Crippen molar-refractivity contribution in [1.82, 2.24) is 20.3 Å². The molecule has 4 N–H and O–H groups in total. The van der Waals surface area contributed by atoms with Crippen LogP contribution in [-0.2, 0) is 21.4 Å². The van der Waals surface area contributed by atoms with E-state index in [0.717, 1.165) is 28.3 Å². The molecule has 4 rings (SSSR count). The van der Waals surface area contributed by atoms with Crippen LogP contribution in [0.5, 0.6) is 0 Å². The molecule has 1 aromatic carbocycles. The number of hydrogen-bond donors (Lipinski definition) is 3. The van der Waals surface area contributed by atoms with Crippen LogP contribution in [0.25, 0.3) is 10.4 Å². The summed E-state index contributed by atoms with van der Waals surface area (Å²) in [5, 5.41) is 14.4. The number of thiazole rings is 1. The minimum atomic E-state index is -4.64. The normalized spacial score (nSPS) is 19.5. The van der Waals surface area contributed by atoms with Crippen LogP contribution in [0.15, 0.2) is 36.7 Å². The Morgan fingerprint density at radius 3 is 2.59 bits per heavy atom. The van der Waals surface area contributed by atoms with E-state index in [1.165, 1.54) is 23.2 Å². The molecule has 2 heterocycles. The third-order valence-electron chi connectivity index (χ3n) is 6.66. The van der Waals surface area contributed by atoms with Crippen LogP contribution in [0.3, 0.4) is 0 Å². The van der Waals surface area contributed by atoms with Gasteiger partial charge in [-0.15, -0.1) is 11.3 Å². The van der Waals surface area contributed by atoms with Crippen molar-refractivity contribution in [2.45, 2.75) is 51.3 Å². The number of hydrogen-bond acceptors (Lipinski definition) is 8. The number of nitrogens with one attached hydrogen (secondary N) is 1. The summed E-state index contributed by atoms with van der Waals surface area (Å²) in [6, 6.07) is 6.29. The van der Waals surface area contributed by atoms with Gasteiger partial charge in [0.25, 0.3) is 0 Å². The molecule has 1 aliphatic rings. The van der Waals surface area contributed by atoms with Gasteiger partial charge in [0.15, 0.2) is 0 Å². The van der Waals surface area contributed by atoms with Gasteiger partial charge in [-0.05, 0) is 61.9 Å². The lowest BCUT2D eigenvalue weighted by Crippen LogP contribution is -2.35. The van der Waals surface area contributed by atoms with Gasteiger partial charge in [-0.1, -0.05) is 6.07 Å². The van der Waals surface area contributed by atoms with Gasteiger partial charge in [0.05, 0.1) is 4.88 Å². The summed E-state index contributed by atoms with van der Waals surface area (Å²) in [5.41, 5.74) is 5.30. The first-order chi connectivity index (χ1) is 18.4. The van der Waals surface area contributed by atoms with Gasteiger partial charge in [0.2, 0.25) is 17.8 Å². The summed E-state index contributed by atoms with van der Waals surface area (Å²) in [6.07, 6.45) is -0.234. The van der Waals surface area contributed by atoms with Crippen LogP contribution in [-0.4, -0.2) is 45.0 Å². The highest BCUT2D eigenvalue weighted by Gasteiger charge is 2.39. The molecule has 0 unspecified atom stereocenters. The maximum atomic E-state index is 13.4. The number of carbonyl (C=O) groups excluding carboxylic acids is 2. The number of carbonyl (C=O) groups is 2. The number of rotatable bonds is 8. The molecular weight excluding hydrogens is 533 g/mol. The monoisotopic (exact) mass is 562 g/mol. The molecule has 9 nitrogen and oxygen atoms in total. The number of halogens is 3. The van der Waals surface area contributed by atoms with E-state index >= 15 is 0 Å². The predicted molar refractivity (Wildman–Crippen MR) is 140 cm³/mol. The van der Waals surface area contributed by atoms with Crippen LogP contribution in [0.1, 0.15) is 48.9 Å². The van der Waals surface area contributed by atoms with Gasteiger partial charge in [-0.2, -0.15) is 13.2 Å². The zero-order valence-electron chi connectivity index (χ0n) is 21.5. The fourth-order valence-corrected chi connectivity index (χ4v) is 5.65. The molecule has 0 atom stereocenters. The highest BCUT2D eigenvalue weighted by Crippen LogP contribution is 2.43. The van der Waals surface area contributed by atoms with Gasteiger partial charge in [-0.25, -0.2) is 15.0 Å². The molecular formula is C26H29F3N6O3S. The molecule has 3 aromatic rings. The third kappa shape index (κ3) is 6.71. The molecule has 1 saturated carbocycles. The van der Waals surface area contributed by atoms with Crippen molar-refractivity contribution in [3.05, 3.63) is 52.9 Å². The van der Waals surface area contributed by atoms with Crippen molar-refractivity contribution in [2.24, 2.45) is 11.7 Å². The molecule has 1 aliphatic carbocycles. The molecule has 0 aliphatic heterocycles. The van der Waals surface area contributed by atoms with Crippen molar-refractivity contribution in [3.8, 4) is 10.4 Å². The first-order valence-electron chi connectivity index (χ1n) is 12.4. The second kappa shape index (κ2) is 11.3. The highest BCUT2D eigenvalue weighted by atomic mass is 32.1. The Labute approximate surface area is 227 Å². The van der Waals surface area contributed by atoms with E-state index in [1.54, 1.807) is 18.3 Å². The minimum absolute atomic E-state index is 0.124. The van der Waals surface area contributed by atoms with Crippen LogP contribution in [0, 0.1) is 12.8 Å². The van der Waals surface area contributed by atoms with E-state index in [-0.39, 0.29) is 36.8 Å². The zero-order chi connectivity index (χ0) is 28.4. The lowest BCUT2D eigenvalue weighted by atomic mass is 9.79. The van der Waals surface area contributed by atoms with Crippen LogP contribution in [0.4, 0.5) is 24.8 Å². The number of nitrogens with two attached hydrogens (primary N) is 1.